The second-order valence-corrected chi connectivity index (χ2v) is 5.18. The first-order chi connectivity index (χ1) is 9.13. The molecule has 0 spiro atoms. The van der Waals surface area contributed by atoms with Gasteiger partial charge in [0.15, 0.2) is 0 Å². The fourth-order valence-electron chi connectivity index (χ4n) is 1.92. The lowest BCUT2D eigenvalue weighted by molar-refractivity contribution is -0.384. The Kier molecular flexibility index (Phi) is 4.11. The third kappa shape index (κ3) is 2.90. The zero-order valence-corrected chi connectivity index (χ0v) is 11.6. The van der Waals surface area contributed by atoms with Crippen molar-refractivity contribution in [2.45, 2.75) is 26.3 Å². The molecule has 0 saturated carbocycles. The van der Waals surface area contributed by atoms with Crippen LogP contribution in [0.15, 0.2) is 29.8 Å². The van der Waals surface area contributed by atoms with Crippen molar-refractivity contribution in [1.29, 1.82) is 0 Å². The number of pyridine rings is 1. The van der Waals surface area contributed by atoms with Crippen molar-refractivity contribution in [1.82, 2.24) is 4.98 Å². The number of aromatic nitrogens is 1. The highest BCUT2D eigenvalue weighted by Gasteiger charge is 2.21. The first-order valence-corrected chi connectivity index (χ1v) is 6.91. The van der Waals surface area contributed by atoms with Gasteiger partial charge in [-0.1, -0.05) is 13.0 Å². The van der Waals surface area contributed by atoms with E-state index < -0.39 is 0 Å². The topological polar surface area (TPSA) is 68.1 Å². The summed E-state index contributed by atoms with van der Waals surface area (Å²) in [6, 6.07) is 5.69. The third-order valence-corrected chi connectivity index (χ3v) is 3.90. The van der Waals surface area contributed by atoms with Crippen molar-refractivity contribution in [2.24, 2.45) is 0 Å². The van der Waals surface area contributed by atoms with Crippen LogP contribution in [0.2, 0.25) is 0 Å². The van der Waals surface area contributed by atoms with Gasteiger partial charge in [0.25, 0.3) is 0 Å². The molecule has 0 aromatic carbocycles. The van der Waals surface area contributed by atoms with Gasteiger partial charge in [-0.25, -0.2) is 4.98 Å². The standard InChI is InChI=1S/C13H15N3O2S/c1-3-10(11-5-4-8-19-11)15-13-12(16(17)18)9(2)6-7-14-13/h4-8,10H,3H2,1-2H3,(H,14,15). The van der Waals surface area contributed by atoms with Crippen molar-refractivity contribution in [3.05, 3.63) is 50.3 Å². The summed E-state index contributed by atoms with van der Waals surface area (Å²) in [5.41, 5.74) is 0.668. The van der Waals surface area contributed by atoms with Gasteiger partial charge in [0, 0.05) is 16.6 Å². The van der Waals surface area contributed by atoms with Gasteiger partial charge in [0.1, 0.15) is 0 Å². The smallest absolute Gasteiger partial charge is 0.314 e. The highest BCUT2D eigenvalue weighted by Crippen LogP contribution is 2.31. The van der Waals surface area contributed by atoms with Crippen LogP contribution in [0.3, 0.4) is 0 Å². The van der Waals surface area contributed by atoms with Gasteiger partial charge in [-0.15, -0.1) is 11.3 Å². The second-order valence-electron chi connectivity index (χ2n) is 4.20. The summed E-state index contributed by atoms with van der Waals surface area (Å²) in [5.74, 6) is 0.338. The Bertz CT molecular complexity index is 569. The highest BCUT2D eigenvalue weighted by molar-refractivity contribution is 7.10. The van der Waals surface area contributed by atoms with Crippen LogP contribution in [-0.4, -0.2) is 9.91 Å². The molecule has 0 aliphatic rings. The number of nitrogens with zero attached hydrogens (tertiary/aromatic N) is 2. The van der Waals surface area contributed by atoms with Crippen molar-refractivity contribution in [2.75, 3.05) is 5.32 Å². The molecule has 0 radical (unpaired) electrons. The monoisotopic (exact) mass is 277 g/mol. The maximum Gasteiger partial charge on any atom is 0.314 e. The SMILES string of the molecule is CCC(Nc1nccc(C)c1[N+](=O)[O-])c1cccs1. The number of nitrogens with one attached hydrogen (secondary N) is 1. The number of hydrogen-bond donors (Lipinski definition) is 1. The van der Waals surface area contributed by atoms with Gasteiger partial charge in [-0.2, -0.15) is 0 Å². The molecule has 0 bridgehead atoms. The lowest BCUT2D eigenvalue weighted by Crippen LogP contribution is -2.11. The van der Waals surface area contributed by atoms with E-state index in [9.17, 15) is 10.1 Å². The van der Waals surface area contributed by atoms with Crippen LogP contribution in [0, 0.1) is 17.0 Å². The maximum atomic E-state index is 11.1. The second kappa shape index (κ2) is 5.79. The van der Waals surface area contributed by atoms with E-state index in [4.69, 9.17) is 0 Å². The van der Waals surface area contributed by atoms with Crippen molar-refractivity contribution >= 4 is 22.8 Å². The third-order valence-electron chi connectivity index (χ3n) is 2.91. The Morgan fingerprint density at radius 2 is 2.32 bits per heavy atom. The molecule has 2 rings (SSSR count). The van der Waals surface area contributed by atoms with Gasteiger partial charge in [0.05, 0.1) is 11.0 Å². The van der Waals surface area contributed by atoms with Crippen LogP contribution in [0.5, 0.6) is 0 Å². The van der Waals surface area contributed by atoms with Crippen LogP contribution in [0.4, 0.5) is 11.5 Å². The maximum absolute atomic E-state index is 11.1. The van der Waals surface area contributed by atoms with E-state index in [1.54, 1.807) is 30.5 Å². The molecular formula is C13H15N3O2S. The van der Waals surface area contributed by atoms with E-state index >= 15 is 0 Å². The highest BCUT2D eigenvalue weighted by atomic mass is 32.1. The molecule has 5 nitrogen and oxygen atoms in total. The number of anilines is 1. The first kappa shape index (κ1) is 13.5. The van der Waals surface area contributed by atoms with E-state index in [2.05, 4.69) is 10.3 Å². The molecule has 2 heterocycles. The summed E-state index contributed by atoms with van der Waals surface area (Å²) in [4.78, 5) is 16.0. The Hall–Kier alpha value is -1.95. The number of hydrogen-bond acceptors (Lipinski definition) is 5. The van der Waals surface area contributed by atoms with E-state index in [0.29, 0.717) is 11.4 Å². The van der Waals surface area contributed by atoms with Gasteiger partial charge in [0.2, 0.25) is 5.82 Å². The Morgan fingerprint density at radius 3 is 2.89 bits per heavy atom. The minimum Gasteiger partial charge on any atom is -0.357 e. The van der Waals surface area contributed by atoms with Gasteiger partial charge in [-0.05, 0) is 30.9 Å². The van der Waals surface area contributed by atoms with Gasteiger partial charge < -0.3 is 5.32 Å². The molecule has 0 saturated heterocycles. The fraction of sp³-hybridized carbons (Fsp3) is 0.308. The van der Waals surface area contributed by atoms with Crippen LogP contribution in [0.1, 0.15) is 29.8 Å². The molecule has 0 aliphatic heterocycles. The Balaban J connectivity index is 2.32. The zero-order chi connectivity index (χ0) is 13.8. The lowest BCUT2D eigenvalue weighted by atomic mass is 10.1. The summed E-state index contributed by atoms with van der Waals surface area (Å²) in [6.07, 6.45) is 2.43. The summed E-state index contributed by atoms with van der Waals surface area (Å²) in [6.45, 7) is 3.76. The van der Waals surface area contributed by atoms with Crippen molar-refractivity contribution in [3.8, 4) is 0 Å². The molecule has 0 amide bonds. The summed E-state index contributed by atoms with van der Waals surface area (Å²) >= 11 is 1.63. The van der Waals surface area contributed by atoms with Crippen molar-refractivity contribution in [3.63, 3.8) is 0 Å². The van der Waals surface area contributed by atoms with E-state index in [1.807, 2.05) is 24.4 Å². The minimum atomic E-state index is -0.383. The first-order valence-electron chi connectivity index (χ1n) is 6.03. The molecule has 2 aromatic rings. The molecule has 100 valence electrons. The average molecular weight is 277 g/mol. The molecule has 2 aromatic heterocycles. The van der Waals surface area contributed by atoms with E-state index in [1.165, 1.54) is 0 Å². The van der Waals surface area contributed by atoms with Crippen molar-refractivity contribution < 1.29 is 4.92 Å². The minimum absolute atomic E-state index is 0.0491. The molecule has 0 fully saturated rings. The molecular weight excluding hydrogens is 262 g/mol. The van der Waals surface area contributed by atoms with Gasteiger partial charge >= 0.3 is 5.69 Å². The Morgan fingerprint density at radius 1 is 1.53 bits per heavy atom. The molecule has 6 heteroatoms. The molecule has 1 N–H and O–H groups in total. The van der Waals surface area contributed by atoms with Crippen LogP contribution in [-0.2, 0) is 0 Å². The number of thiophene rings is 1. The molecule has 1 unspecified atom stereocenters. The number of aryl methyl sites for hydroxylation is 1. The van der Waals surface area contributed by atoms with Crippen LogP contribution in [0.25, 0.3) is 0 Å². The van der Waals surface area contributed by atoms with E-state index in [0.717, 1.165) is 11.3 Å². The molecule has 1 atom stereocenters. The normalized spacial score (nSPS) is 12.1. The fourth-order valence-corrected chi connectivity index (χ4v) is 2.78. The number of nitro groups is 1. The van der Waals surface area contributed by atoms with Crippen LogP contribution < -0.4 is 5.32 Å². The summed E-state index contributed by atoms with van der Waals surface area (Å²) < 4.78 is 0. The quantitative estimate of drug-likeness (QED) is 0.664. The number of rotatable bonds is 5. The summed E-state index contributed by atoms with van der Waals surface area (Å²) in [5, 5.41) is 16.3. The Labute approximate surface area is 115 Å². The predicted octanol–water partition coefficient (Wildman–Crippen LogP) is 3.92. The van der Waals surface area contributed by atoms with Gasteiger partial charge in [-0.3, -0.25) is 10.1 Å². The lowest BCUT2D eigenvalue weighted by Gasteiger charge is -2.16. The zero-order valence-electron chi connectivity index (χ0n) is 10.8. The molecule has 19 heavy (non-hydrogen) atoms. The van der Waals surface area contributed by atoms with Crippen LogP contribution >= 0.6 is 11.3 Å². The van der Waals surface area contributed by atoms with E-state index in [-0.39, 0.29) is 16.7 Å². The molecule has 0 aliphatic carbocycles. The largest absolute Gasteiger partial charge is 0.357 e. The summed E-state index contributed by atoms with van der Waals surface area (Å²) in [7, 11) is 0. The average Bonchev–Trinajstić information content (AvgIpc) is 2.89. The predicted molar refractivity (Wildman–Crippen MR) is 76.6 cm³/mol.